The molecule has 0 unspecified atom stereocenters. The van der Waals surface area contributed by atoms with Crippen LogP contribution in [0.25, 0.3) is 10.3 Å². The fourth-order valence-electron chi connectivity index (χ4n) is 3.41. The van der Waals surface area contributed by atoms with Crippen LogP contribution >= 0.6 is 22.9 Å². The van der Waals surface area contributed by atoms with Gasteiger partial charge in [-0.05, 0) is 31.0 Å². The second-order valence-electron chi connectivity index (χ2n) is 6.97. The van der Waals surface area contributed by atoms with E-state index in [1.54, 1.807) is 18.2 Å². The molecule has 0 atom stereocenters. The third-order valence-electron chi connectivity index (χ3n) is 4.98. The molecule has 4 rings (SSSR count). The van der Waals surface area contributed by atoms with E-state index in [0.717, 1.165) is 30.5 Å². The molecule has 9 nitrogen and oxygen atoms in total. The minimum absolute atomic E-state index is 0.234. The zero-order valence-corrected chi connectivity index (χ0v) is 18.0. The minimum atomic E-state index is -0.589. The van der Waals surface area contributed by atoms with E-state index in [0.29, 0.717) is 26.3 Å². The average molecular weight is 450 g/mol. The van der Waals surface area contributed by atoms with Crippen LogP contribution in [0.4, 0.5) is 10.8 Å². The number of rotatable bonds is 5. The Morgan fingerprint density at radius 2 is 2.03 bits per heavy atom. The topological polar surface area (TPSA) is 98.5 Å². The number of fused-ring (bicyclic) bond motifs is 1. The summed E-state index contributed by atoms with van der Waals surface area (Å²) in [4.78, 5) is 44.6. The molecule has 0 saturated carbocycles. The molecule has 0 spiro atoms. The summed E-state index contributed by atoms with van der Waals surface area (Å²) in [5, 5.41) is 3.76. The quantitative estimate of drug-likeness (QED) is 0.640. The lowest BCUT2D eigenvalue weighted by molar-refractivity contribution is -0.116. The molecule has 3 heterocycles. The number of carbonyl (C=O) groups is 1. The van der Waals surface area contributed by atoms with Gasteiger partial charge in [-0.2, -0.15) is 0 Å². The highest BCUT2D eigenvalue weighted by molar-refractivity contribution is 7.22. The fourth-order valence-corrected chi connectivity index (χ4v) is 4.76. The van der Waals surface area contributed by atoms with Gasteiger partial charge < -0.3 is 15.0 Å². The number of benzene rings is 1. The number of carbonyl (C=O) groups excluding carboxylic acids is 1. The first-order chi connectivity index (χ1) is 14.4. The maximum absolute atomic E-state index is 12.7. The van der Waals surface area contributed by atoms with Crippen molar-refractivity contribution in [2.24, 2.45) is 7.05 Å². The highest BCUT2D eigenvalue weighted by Gasteiger charge is 2.22. The van der Waals surface area contributed by atoms with Crippen LogP contribution in [0.15, 0.2) is 27.8 Å². The molecule has 1 fully saturated rings. The number of halogens is 1. The number of anilines is 2. The van der Waals surface area contributed by atoms with Crippen LogP contribution in [-0.4, -0.2) is 40.2 Å². The minimum Gasteiger partial charge on any atom is -0.495 e. The molecular formula is C19H20ClN5O4S. The first-order valence-electron chi connectivity index (χ1n) is 9.37. The van der Waals surface area contributed by atoms with Gasteiger partial charge in [0.2, 0.25) is 5.91 Å². The summed E-state index contributed by atoms with van der Waals surface area (Å²) in [6, 6.07) is 4.85. The largest absolute Gasteiger partial charge is 0.495 e. The lowest BCUT2D eigenvalue weighted by atomic mass is 10.3. The van der Waals surface area contributed by atoms with Crippen LogP contribution in [0.1, 0.15) is 12.8 Å². The molecule has 1 aromatic carbocycles. The molecule has 1 aliphatic heterocycles. The lowest BCUT2D eigenvalue weighted by Gasteiger charge is -2.12. The van der Waals surface area contributed by atoms with Crippen LogP contribution in [0, 0.1) is 0 Å². The average Bonchev–Trinajstić information content (AvgIpc) is 3.39. The standard InChI is InChI=1S/C19H20ClN5O4S/c1-23-17(27)15-16(22-18(30-15)24-7-3-4-8-24)25(19(23)28)10-14(26)21-11-5-6-13(29-2)12(20)9-11/h5-6,9H,3-4,7-8,10H2,1-2H3,(H,21,26). The van der Waals surface area contributed by atoms with Crippen LogP contribution in [-0.2, 0) is 18.4 Å². The zero-order chi connectivity index (χ0) is 21.4. The van der Waals surface area contributed by atoms with Crippen molar-refractivity contribution in [1.82, 2.24) is 14.1 Å². The van der Waals surface area contributed by atoms with Gasteiger partial charge in [-0.25, -0.2) is 9.78 Å². The predicted octanol–water partition coefficient (Wildman–Crippen LogP) is 2.06. The van der Waals surface area contributed by atoms with E-state index in [1.165, 1.54) is 30.1 Å². The van der Waals surface area contributed by atoms with Crippen molar-refractivity contribution in [2.75, 3.05) is 30.4 Å². The van der Waals surface area contributed by atoms with Crippen molar-refractivity contribution >= 4 is 50.0 Å². The van der Waals surface area contributed by atoms with E-state index >= 15 is 0 Å². The lowest BCUT2D eigenvalue weighted by Crippen LogP contribution is -2.39. The number of amides is 1. The van der Waals surface area contributed by atoms with Gasteiger partial charge in [0.1, 0.15) is 17.0 Å². The van der Waals surface area contributed by atoms with Crippen molar-refractivity contribution in [1.29, 1.82) is 0 Å². The number of thiazole rings is 1. The van der Waals surface area contributed by atoms with Gasteiger partial charge in [-0.1, -0.05) is 22.9 Å². The Kier molecular flexibility index (Phi) is 5.52. The van der Waals surface area contributed by atoms with Gasteiger partial charge in [0.15, 0.2) is 10.8 Å². The van der Waals surface area contributed by atoms with E-state index in [9.17, 15) is 14.4 Å². The maximum atomic E-state index is 12.7. The molecule has 0 aliphatic carbocycles. The Labute approximate surface area is 180 Å². The highest BCUT2D eigenvalue weighted by Crippen LogP contribution is 2.29. The number of hydrogen-bond acceptors (Lipinski definition) is 7. The van der Waals surface area contributed by atoms with Crippen LogP contribution in [0.2, 0.25) is 5.02 Å². The van der Waals surface area contributed by atoms with Crippen molar-refractivity contribution in [3.63, 3.8) is 0 Å². The van der Waals surface area contributed by atoms with Gasteiger partial charge >= 0.3 is 5.69 Å². The Balaban J connectivity index is 1.67. The molecule has 2 aromatic heterocycles. The summed E-state index contributed by atoms with van der Waals surface area (Å²) >= 11 is 7.35. The third-order valence-corrected chi connectivity index (χ3v) is 6.37. The first kappa shape index (κ1) is 20.4. The second kappa shape index (κ2) is 8.11. The Bertz CT molecular complexity index is 1240. The zero-order valence-electron chi connectivity index (χ0n) is 16.5. The molecule has 30 heavy (non-hydrogen) atoms. The number of ether oxygens (including phenoxy) is 1. The van der Waals surface area contributed by atoms with Crippen molar-refractivity contribution in [3.05, 3.63) is 44.1 Å². The summed E-state index contributed by atoms with van der Waals surface area (Å²) in [6.45, 7) is 1.45. The summed E-state index contributed by atoms with van der Waals surface area (Å²) in [7, 11) is 2.90. The summed E-state index contributed by atoms with van der Waals surface area (Å²) in [5.74, 6) is 0.0524. The third kappa shape index (κ3) is 3.68. The Hall–Kier alpha value is -2.85. The molecule has 1 saturated heterocycles. The molecule has 1 amide bonds. The van der Waals surface area contributed by atoms with Gasteiger partial charge in [-0.15, -0.1) is 0 Å². The monoisotopic (exact) mass is 449 g/mol. The number of nitrogens with one attached hydrogen (secondary N) is 1. The summed E-state index contributed by atoms with van der Waals surface area (Å²) < 4.78 is 7.70. The molecule has 158 valence electrons. The fraction of sp³-hybridized carbons (Fsp3) is 0.368. The molecule has 3 aromatic rings. The predicted molar refractivity (Wildman–Crippen MR) is 117 cm³/mol. The van der Waals surface area contributed by atoms with Crippen molar-refractivity contribution in [3.8, 4) is 5.75 Å². The Morgan fingerprint density at radius 1 is 1.30 bits per heavy atom. The molecular weight excluding hydrogens is 430 g/mol. The van der Waals surface area contributed by atoms with E-state index < -0.39 is 17.2 Å². The van der Waals surface area contributed by atoms with Crippen molar-refractivity contribution < 1.29 is 9.53 Å². The molecule has 11 heteroatoms. The summed E-state index contributed by atoms with van der Waals surface area (Å²) in [6.07, 6.45) is 2.13. The van der Waals surface area contributed by atoms with E-state index in [1.807, 2.05) is 0 Å². The SMILES string of the molecule is COc1ccc(NC(=O)Cn2c(=O)n(C)c(=O)c3sc(N4CCCC4)nc32)cc1Cl. The smallest absolute Gasteiger partial charge is 0.332 e. The van der Waals surface area contributed by atoms with Crippen LogP contribution in [0.5, 0.6) is 5.75 Å². The molecule has 1 aliphatic rings. The van der Waals surface area contributed by atoms with E-state index in [2.05, 4.69) is 15.2 Å². The first-order valence-corrected chi connectivity index (χ1v) is 10.6. The normalized spacial score (nSPS) is 13.8. The van der Waals surface area contributed by atoms with Crippen molar-refractivity contribution in [2.45, 2.75) is 19.4 Å². The van der Waals surface area contributed by atoms with Gasteiger partial charge in [0, 0.05) is 25.8 Å². The van der Waals surface area contributed by atoms with E-state index in [4.69, 9.17) is 16.3 Å². The number of nitrogens with zero attached hydrogens (tertiary/aromatic N) is 4. The molecule has 0 radical (unpaired) electrons. The summed E-state index contributed by atoms with van der Waals surface area (Å²) in [5.41, 5.74) is -0.293. The van der Waals surface area contributed by atoms with Crippen LogP contribution < -0.4 is 26.2 Å². The van der Waals surface area contributed by atoms with Crippen LogP contribution in [0.3, 0.4) is 0 Å². The maximum Gasteiger partial charge on any atom is 0.332 e. The van der Waals surface area contributed by atoms with Gasteiger partial charge in [0.05, 0.1) is 12.1 Å². The van der Waals surface area contributed by atoms with E-state index in [-0.39, 0.29) is 12.2 Å². The van der Waals surface area contributed by atoms with Gasteiger partial charge in [-0.3, -0.25) is 18.7 Å². The number of hydrogen-bond donors (Lipinski definition) is 1. The second-order valence-corrected chi connectivity index (χ2v) is 8.36. The highest BCUT2D eigenvalue weighted by atomic mass is 35.5. The molecule has 1 N–H and O–H groups in total. The Morgan fingerprint density at radius 3 is 2.70 bits per heavy atom. The number of aromatic nitrogens is 3. The van der Waals surface area contributed by atoms with Gasteiger partial charge in [0.25, 0.3) is 5.56 Å². The number of methoxy groups -OCH3 is 1. The molecule has 0 bridgehead atoms.